The number of aromatic nitrogens is 3. The minimum Gasteiger partial charge on any atom is -0.368 e. The highest BCUT2D eigenvalue weighted by molar-refractivity contribution is 7.91. The molecule has 3 rings (SSSR count). The van der Waals surface area contributed by atoms with E-state index >= 15 is 0 Å². The highest BCUT2D eigenvalue weighted by Gasteiger charge is 2.23. The van der Waals surface area contributed by atoms with E-state index in [-0.39, 0.29) is 28.5 Å². The number of sulfonamides is 1. The predicted octanol–water partition coefficient (Wildman–Crippen LogP) is 2.73. The van der Waals surface area contributed by atoms with Crippen molar-refractivity contribution in [3.63, 3.8) is 0 Å². The Morgan fingerprint density at radius 3 is 2.58 bits per heavy atom. The maximum Gasteiger partial charge on any atom is 0.252 e. The zero-order chi connectivity index (χ0) is 18.7. The summed E-state index contributed by atoms with van der Waals surface area (Å²) in [4.78, 5) is 12.3. The van der Waals surface area contributed by atoms with Crippen LogP contribution < -0.4 is 11.1 Å². The quantitative estimate of drug-likeness (QED) is 0.642. The Morgan fingerprint density at radius 1 is 1.19 bits per heavy atom. The van der Waals surface area contributed by atoms with Crippen LogP contribution in [0.3, 0.4) is 0 Å². The zero-order valence-corrected chi connectivity index (χ0v) is 16.0. The van der Waals surface area contributed by atoms with Gasteiger partial charge in [-0.2, -0.15) is 19.3 Å². The molecule has 1 aromatic carbocycles. The molecule has 0 aliphatic rings. The molecule has 0 atom stereocenters. The molecular formula is C15H15ClN6O2S2. The van der Waals surface area contributed by atoms with Gasteiger partial charge in [-0.3, -0.25) is 0 Å². The molecule has 0 spiro atoms. The first-order valence-electron chi connectivity index (χ1n) is 7.37. The molecular weight excluding hydrogens is 396 g/mol. The Hall–Kier alpha value is -2.27. The lowest BCUT2D eigenvalue weighted by molar-refractivity contribution is 0.458. The maximum atomic E-state index is 12.5. The number of benzene rings is 1. The lowest BCUT2D eigenvalue weighted by atomic mass is 10.3. The monoisotopic (exact) mass is 410 g/mol. The number of nitrogen functional groups attached to an aromatic ring is 1. The number of anilines is 3. The molecule has 3 aromatic rings. The van der Waals surface area contributed by atoms with Gasteiger partial charge in [0.15, 0.2) is 5.82 Å². The fourth-order valence-electron chi connectivity index (χ4n) is 2.07. The van der Waals surface area contributed by atoms with Crippen LogP contribution >= 0.6 is 22.9 Å². The van der Waals surface area contributed by atoms with Gasteiger partial charge in [0.1, 0.15) is 4.21 Å². The normalized spacial score (nSPS) is 11.7. The van der Waals surface area contributed by atoms with Crippen LogP contribution in [-0.2, 0) is 16.6 Å². The summed E-state index contributed by atoms with van der Waals surface area (Å²) in [7, 11) is -2.15. The number of nitrogens with two attached hydrogens (primary N) is 1. The summed E-state index contributed by atoms with van der Waals surface area (Å²) in [5, 5.41) is 5.29. The minimum absolute atomic E-state index is 0.00612. The van der Waals surface area contributed by atoms with Crippen LogP contribution in [0.5, 0.6) is 0 Å². The molecule has 0 aliphatic heterocycles. The Kier molecular flexibility index (Phi) is 5.37. The summed E-state index contributed by atoms with van der Waals surface area (Å²) in [6.07, 6.45) is 0. The van der Waals surface area contributed by atoms with E-state index in [4.69, 9.17) is 17.3 Å². The summed E-state index contributed by atoms with van der Waals surface area (Å²) in [6, 6.07) is 10.2. The number of halogens is 1. The molecule has 0 fully saturated rings. The summed E-state index contributed by atoms with van der Waals surface area (Å²) in [5.74, 6) is 0.446. The van der Waals surface area contributed by atoms with Gasteiger partial charge in [-0.25, -0.2) is 8.42 Å². The fourth-order valence-corrected chi connectivity index (χ4v) is 4.53. The molecule has 0 unspecified atom stereocenters. The van der Waals surface area contributed by atoms with Crippen molar-refractivity contribution in [2.24, 2.45) is 0 Å². The van der Waals surface area contributed by atoms with Crippen molar-refractivity contribution in [3.8, 4) is 0 Å². The predicted molar refractivity (Wildman–Crippen MR) is 102 cm³/mol. The second-order valence-electron chi connectivity index (χ2n) is 5.26. The van der Waals surface area contributed by atoms with Gasteiger partial charge in [0.2, 0.25) is 11.9 Å². The summed E-state index contributed by atoms with van der Waals surface area (Å²) >= 11 is 7.00. The molecule has 136 valence electrons. The van der Waals surface area contributed by atoms with Crippen molar-refractivity contribution < 1.29 is 8.42 Å². The molecule has 3 N–H and O–H groups in total. The summed E-state index contributed by atoms with van der Waals surface area (Å²) < 4.78 is 26.4. The average molecular weight is 411 g/mol. The molecule has 2 aromatic heterocycles. The van der Waals surface area contributed by atoms with Crippen molar-refractivity contribution in [2.45, 2.75) is 10.8 Å². The molecule has 0 radical (unpaired) electrons. The van der Waals surface area contributed by atoms with Crippen molar-refractivity contribution in [3.05, 3.63) is 52.6 Å². The zero-order valence-electron chi connectivity index (χ0n) is 13.6. The van der Waals surface area contributed by atoms with Crippen molar-refractivity contribution in [2.75, 3.05) is 18.1 Å². The Balaban J connectivity index is 1.80. The first kappa shape index (κ1) is 18.5. The van der Waals surface area contributed by atoms with Crippen LogP contribution in [0.15, 0.2) is 46.0 Å². The van der Waals surface area contributed by atoms with Gasteiger partial charge in [-0.15, -0.1) is 11.3 Å². The number of hydrogen-bond donors (Lipinski definition) is 2. The number of hydrogen-bond acceptors (Lipinski definition) is 8. The topological polar surface area (TPSA) is 114 Å². The molecule has 11 heteroatoms. The number of nitrogens with zero attached hydrogens (tertiary/aromatic N) is 4. The number of rotatable bonds is 6. The van der Waals surface area contributed by atoms with Crippen LogP contribution in [0, 0.1) is 0 Å². The van der Waals surface area contributed by atoms with Crippen LogP contribution in [0.4, 0.5) is 17.6 Å². The van der Waals surface area contributed by atoms with E-state index < -0.39 is 10.0 Å². The van der Waals surface area contributed by atoms with Crippen LogP contribution in [-0.4, -0.2) is 34.7 Å². The SMILES string of the molecule is CN(Cc1nc(N)nc(Nc2ccc(Cl)cc2)n1)S(=O)(=O)c1cccs1. The maximum absolute atomic E-state index is 12.5. The Labute approximate surface area is 159 Å². The summed E-state index contributed by atoms with van der Waals surface area (Å²) in [6.45, 7) is -0.0394. The van der Waals surface area contributed by atoms with E-state index in [1.807, 2.05) is 0 Å². The third-order valence-corrected chi connectivity index (χ3v) is 6.75. The van der Waals surface area contributed by atoms with Crippen molar-refractivity contribution >= 4 is 50.5 Å². The van der Waals surface area contributed by atoms with E-state index in [9.17, 15) is 8.42 Å². The Morgan fingerprint density at radius 2 is 1.92 bits per heavy atom. The average Bonchev–Trinajstić information content (AvgIpc) is 3.12. The van der Waals surface area contributed by atoms with Crippen LogP contribution in [0.2, 0.25) is 5.02 Å². The van der Waals surface area contributed by atoms with E-state index in [2.05, 4.69) is 20.3 Å². The highest BCUT2D eigenvalue weighted by Crippen LogP contribution is 2.21. The molecule has 2 heterocycles. The Bertz CT molecular complexity index is 993. The van der Waals surface area contributed by atoms with Gasteiger partial charge >= 0.3 is 0 Å². The molecule has 0 bridgehead atoms. The van der Waals surface area contributed by atoms with Gasteiger partial charge in [0.05, 0.1) is 6.54 Å². The van der Waals surface area contributed by atoms with E-state index in [0.717, 1.165) is 11.3 Å². The molecule has 0 aliphatic carbocycles. The van der Waals surface area contributed by atoms with Gasteiger partial charge in [-0.05, 0) is 35.7 Å². The second-order valence-corrected chi connectivity index (χ2v) is 8.91. The first-order valence-corrected chi connectivity index (χ1v) is 10.1. The van der Waals surface area contributed by atoms with Gasteiger partial charge in [0.25, 0.3) is 10.0 Å². The van der Waals surface area contributed by atoms with E-state index in [0.29, 0.717) is 10.7 Å². The van der Waals surface area contributed by atoms with E-state index in [1.165, 1.54) is 11.4 Å². The number of nitrogens with one attached hydrogen (secondary N) is 1. The molecule has 0 saturated heterocycles. The first-order chi connectivity index (χ1) is 12.3. The smallest absolute Gasteiger partial charge is 0.252 e. The van der Waals surface area contributed by atoms with Gasteiger partial charge in [-0.1, -0.05) is 17.7 Å². The molecule has 26 heavy (non-hydrogen) atoms. The second kappa shape index (κ2) is 7.54. The fraction of sp³-hybridized carbons (Fsp3) is 0.133. The lowest BCUT2D eigenvalue weighted by Gasteiger charge is -2.15. The lowest BCUT2D eigenvalue weighted by Crippen LogP contribution is -2.27. The number of thiophene rings is 1. The third kappa shape index (κ3) is 4.28. The third-order valence-electron chi connectivity index (χ3n) is 3.32. The van der Waals surface area contributed by atoms with Gasteiger partial charge in [0, 0.05) is 17.8 Å². The van der Waals surface area contributed by atoms with Crippen LogP contribution in [0.1, 0.15) is 5.82 Å². The minimum atomic E-state index is -3.61. The largest absolute Gasteiger partial charge is 0.368 e. The van der Waals surface area contributed by atoms with Gasteiger partial charge < -0.3 is 11.1 Å². The standard InChI is InChI=1S/C15H15ClN6O2S2/c1-22(26(23,24)13-3-2-8-25-13)9-12-19-14(17)21-15(20-12)18-11-6-4-10(16)5-7-11/h2-8H,9H2,1H3,(H3,17,18,19,20,21). The summed E-state index contributed by atoms with van der Waals surface area (Å²) in [5.41, 5.74) is 6.44. The van der Waals surface area contributed by atoms with Crippen molar-refractivity contribution in [1.82, 2.24) is 19.3 Å². The van der Waals surface area contributed by atoms with Crippen molar-refractivity contribution in [1.29, 1.82) is 0 Å². The molecule has 0 amide bonds. The van der Waals surface area contributed by atoms with Crippen LogP contribution in [0.25, 0.3) is 0 Å². The van der Waals surface area contributed by atoms with E-state index in [1.54, 1.807) is 41.8 Å². The molecule has 8 nitrogen and oxygen atoms in total. The highest BCUT2D eigenvalue weighted by atomic mass is 35.5. The molecule has 0 saturated carbocycles.